The zero-order valence-electron chi connectivity index (χ0n) is 13.7. The maximum absolute atomic E-state index is 11.4. The standard InChI is InChI=1S/C12H28N2O6P2/c1-11(2,14-21(15)16)5-7-19-9-10-20-8-6-12(3,4)22(13,17)18/h5-10H2,1-4H3,(H4-,13,14,15,16,17,18)/p+1. The van der Waals surface area contributed by atoms with Gasteiger partial charge >= 0.3 is 8.18 Å². The SMILES string of the molecule is CC(C)(CCOCCOCCC(C)(C)P(N)(=O)O)N[P+](=O)O. The Kier molecular flexibility index (Phi) is 9.44. The summed E-state index contributed by atoms with van der Waals surface area (Å²) in [5.41, 5.74) is 4.78. The van der Waals surface area contributed by atoms with Crippen LogP contribution in [-0.2, 0) is 18.6 Å². The monoisotopic (exact) mass is 359 g/mol. The van der Waals surface area contributed by atoms with Crippen molar-refractivity contribution in [3.05, 3.63) is 0 Å². The molecule has 2 unspecified atom stereocenters. The summed E-state index contributed by atoms with van der Waals surface area (Å²) in [6.07, 6.45) is 0.973. The highest BCUT2D eigenvalue weighted by molar-refractivity contribution is 7.57. The van der Waals surface area contributed by atoms with Crippen molar-refractivity contribution in [1.82, 2.24) is 5.09 Å². The topological polar surface area (TPSA) is 131 Å². The number of nitrogens with one attached hydrogen (secondary N) is 1. The number of rotatable bonds is 12. The minimum absolute atomic E-state index is 0.330. The molecule has 0 saturated heterocycles. The Bertz CT molecular complexity index is 397. The highest BCUT2D eigenvalue weighted by Crippen LogP contribution is 2.48. The summed E-state index contributed by atoms with van der Waals surface area (Å²) in [7, 11) is -6.00. The largest absolute Gasteiger partial charge is 0.610 e. The predicted molar refractivity (Wildman–Crippen MR) is 86.0 cm³/mol. The Labute approximate surface area is 133 Å². The van der Waals surface area contributed by atoms with Gasteiger partial charge in [-0.1, -0.05) is 5.09 Å². The third-order valence-corrected chi connectivity index (χ3v) is 6.12. The molecule has 2 atom stereocenters. The van der Waals surface area contributed by atoms with Gasteiger partial charge in [-0.3, -0.25) is 10.1 Å². The molecule has 0 aromatic heterocycles. The van der Waals surface area contributed by atoms with E-state index in [0.717, 1.165) is 0 Å². The third-order valence-electron chi connectivity index (χ3n) is 3.37. The average Bonchev–Trinajstić information content (AvgIpc) is 2.29. The summed E-state index contributed by atoms with van der Waals surface area (Å²) in [5, 5.41) is 1.68. The van der Waals surface area contributed by atoms with Crippen molar-refractivity contribution in [1.29, 1.82) is 0 Å². The highest BCUT2D eigenvalue weighted by Gasteiger charge is 2.35. The molecule has 0 bridgehead atoms. The molecule has 0 aliphatic heterocycles. The van der Waals surface area contributed by atoms with Gasteiger partial charge in [-0.15, -0.1) is 4.89 Å². The van der Waals surface area contributed by atoms with Crippen LogP contribution in [0.4, 0.5) is 0 Å². The molecule has 0 rings (SSSR count). The number of nitrogens with two attached hydrogens (primary N) is 1. The van der Waals surface area contributed by atoms with Gasteiger partial charge in [-0.05, 0) is 45.1 Å². The van der Waals surface area contributed by atoms with E-state index in [0.29, 0.717) is 39.3 Å². The van der Waals surface area contributed by atoms with Crippen molar-refractivity contribution in [3.8, 4) is 0 Å². The van der Waals surface area contributed by atoms with Gasteiger partial charge in [0.1, 0.15) is 0 Å². The lowest BCUT2D eigenvalue weighted by molar-refractivity contribution is 0.0389. The van der Waals surface area contributed by atoms with Crippen LogP contribution in [0.5, 0.6) is 0 Å². The molecule has 0 aromatic rings. The van der Waals surface area contributed by atoms with Gasteiger partial charge in [0.15, 0.2) is 0 Å². The van der Waals surface area contributed by atoms with E-state index in [1.54, 1.807) is 13.8 Å². The molecule has 0 radical (unpaired) electrons. The summed E-state index contributed by atoms with van der Waals surface area (Å²) >= 11 is 0. The zero-order valence-corrected chi connectivity index (χ0v) is 15.5. The quantitative estimate of drug-likeness (QED) is 0.306. The second-order valence-electron chi connectivity index (χ2n) is 6.43. The van der Waals surface area contributed by atoms with Crippen LogP contribution in [0.1, 0.15) is 40.5 Å². The smallest absolute Gasteiger partial charge is 0.379 e. The van der Waals surface area contributed by atoms with Crippen LogP contribution >= 0.6 is 15.7 Å². The molecular formula is C12H29N2O6P2+. The van der Waals surface area contributed by atoms with Crippen LogP contribution in [0.25, 0.3) is 0 Å². The van der Waals surface area contributed by atoms with E-state index < -0.39 is 26.4 Å². The molecule has 5 N–H and O–H groups in total. The van der Waals surface area contributed by atoms with Crippen LogP contribution in [-0.4, -0.2) is 46.9 Å². The fraction of sp³-hybridized carbons (Fsp3) is 1.00. The second-order valence-corrected chi connectivity index (χ2v) is 9.65. The second kappa shape index (κ2) is 9.40. The van der Waals surface area contributed by atoms with Gasteiger partial charge in [-0.25, -0.2) is 0 Å². The van der Waals surface area contributed by atoms with Crippen LogP contribution in [0.3, 0.4) is 0 Å². The number of hydrogen-bond acceptors (Lipinski definition) is 4. The first-order chi connectivity index (χ1) is 9.87. The van der Waals surface area contributed by atoms with E-state index in [4.69, 9.17) is 19.9 Å². The molecule has 0 heterocycles. The Morgan fingerprint density at radius 1 is 1.09 bits per heavy atom. The maximum Gasteiger partial charge on any atom is 0.610 e. The third kappa shape index (κ3) is 9.98. The zero-order chi connectivity index (χ0) is 17.4. The summed E-state index contributed by atoms with van der Waals surface area (Å²) in [4.78, 5) is 18.2. The van der Waals surface area contributed by atoms with E-state index in [9.17, 15) is 14.0 Å². The van der Waals surface area contributed by atoms with Gasteiger partial charge in [0.2, 0.25) is 0 Å². The van der Waals surface area contributed by atoms with Crippen LogP contribution < -0.4 is 10.6 Å². The van der Waals surface area contributed by atoms with Gasteiger partial charge in [0.05, 0.1) is 23.9 Å². The van der Waals surface area contributed by atoms with Gasteiger partial charge < -0.3 is 14.4 Å². The van der Waals surface area contributed by atoms with E-state index in [1.165, 1.54) is 0 Å². The lowest BCUT2D eigenvalue weighted by atomic mass is 10.0. The highest BCUT2D eigenvalue weighted by atomic mass is 31.2. The van der Waals surface area contributed by atoms with Crippen LogP contribution in [0, 0.1) is 0 Å². The molecular weight excluding hydrogens is 330 g/mol. The Balaban J connectivity index is 3.68. The first kappa shape index (κ1) is 22.1. The minimum atomic E-state index is -3.63. The summed E-state index contributed by atoms with van der Waals surface area (Å²) in [5.74, 6) is 0. The van der Waals surface area contributed by atoms with Crippen molar-refractivity contribution >= 4 is 15.7 Å². The molecule has 132 valence electrons. The van der Waals surface area contributed by atoms with Crippen molar-refractivity contribution in [2.75, 3.05) is 26.4 Å². The van der Waals surface area contributed by atoms with Crippen molar-refractivity contribution in [3.63, 3.8) is 0 Å². The predicted octanol–water partition coefficient (Wildman–Crippen LogP) is 1.74. The van der Waals surface area contributed by atoms with Gasteiger partial charge in [-0.2, -0.15) is 0 Å². The van der Waals surface area contributed by atoms with Crippen molar-refractivity contribution in [2.24, 2.45) is 5.50 Å². The van der Waals surface area contributed by atoms with Crippen LogP contribution in [0.2, 0.25) is 0 Å². The Morgan fingerprint density at radius 2 is 1.55 bits per heavy atom. The summed E-state index contributed by atoms with van der Waals surface area (Å²) < 4.78 is 32.8. The maximum atomic E-state index is 11.4. The first-order valence-electron chi connectivity index (χ1n) is 7.08. The molecule has 0 aliphatic carbocycles. The van der Waals surface area contributed by atoms with Crippen molar-refractivity contribution < 1.29 is 28.4 Å². The van der Waals surface area contributed by atoms with Gasteiger partial charge in [0, 0.05) is 13.2 Å². The van der Waals surface area contributed by atoms with Crippen LogP contribution in [0.15, 0.2) is 0 Å². The van der Waals surface area contributed by atoms with E-state index in [-0.39, 0.29) is 0 Å². The summed E-state index contributed by atoms with van der Waals surface area (Å²) in [6.45, 7) is 8.43. The molecule has 22 heavy (non-hydrogen) atoms. The van der Waals surface area contributed by atoms with E-state index in [2.05, 4.69) is 5.09 Å². The van der Waals surface area contributed by atoms with E-state index >= 15 is 0 Å². The van der Waals surface area contributed by atoms with Gasteiger partial charge in [0.25, 0.3) is 7.52 Å². The fourth-order valence-corrected chi connectivity index (χ4v) is 2.49. The number of ether oxygens (including phenoxy) is 2. The molecule has 0 fully saturated rings. The lowest BCUT2D eigenvalue weighted by Crippen LogP contribution is -2.35. The molecule has 0 aliphatic rings. The molecule has 10 heteroatoms. The fourth-order valence-electron chi connectivity index (χ4n) is 1.45. The lowest BCUT2D eigenvalue weighted by Gasteiger charge is -2.26. The minimum Gasteiger partial charge on any atom is -0.379 e. The van der Waals surface area contributed by atoms with E-state index in [1.807, 2.05) is 13.8 Å². The van der Waals surface area contributed by atoms with Crippen molar-refractivity contribution in [2.45, 2.75) is 51.2 Å². The Morgan fingerprint density at radius 3 is 1.95 bits per heavy atom. The molecule has 0 amide bonds. The molecule has 0 saturated carbocycles. The Hall–Kier alpha value is 0.0900. The molecule has 0 aromatic carbocycles. The number of hydrogen-bond donors (Lipinski definition) is 4. The normalized spacial score (nSPS) is 16.4. The summed E-state index contributed by atoms with van der Waals surface area (Å²) in [6, 6.07) is 0. The molecule has 8 nitrogen and oxygen atoms in total. The molecule has 0 spiro atoms. The first-order valence-corrected chi connectivity index (χ1v) is 10.0. The average molecular weight is 359 g/mol.